The molecule has 73 heavy (non-hydrogen) atoms. The maximum atomic E-state index is 17.1. The van der Waals surface area contributed by atoms with Crippen LogP contribution in [-0.2, 0) is 62.5 Å². The van der Waals surface area contributed by atoms with Gasteiger partial charge < -0.3 is 16.0 Å². The quantitative estimate of drug-likeness (QED) is 0.0433. The number of carbonyl (C=O) groups is 1. The minimum Gasteiger partial charge on any atom is -1.00 e. The van der Waals surface area contributed by atoms with Crippen LogP contribution in [0.2, 0.25) is 0 Å². The summed E-state index contributed by atoms with van der Waals surface area (Å²) in [5, 5.41) is 9.18. The molecule has 1 aliphatic carbocycles. The molecule has 4 N–H and O–H groups in total. The summed E-state index contributed by atoms with van der Waals surface area (Å²) in [6.45, 7) is 7.42. The number of carboxylic acids is 1. The summed E-state index contributed by atoms with van der Waals surface area (Å²) < 4.78 is 187. The molecule has 0 unspecified atom stereocenters. The topological polar surface area (TPSA) is 264 Å². The van der Waals surface area contributed by atoms with Gasteiger partial charge in [0.05, 0.1) is 32.3 Å². The van der Waals surface area contributed by atoms with Crippen LogP contribution >= 0.6 is 0 Å². The molecular formula is C49H58F3N2NaO14S4. The summed E-state index contributed by atoms with van der Waals surface area (Å²) in [7, 11) is -18.2. The molecule has 0 saturated carbocycles. The van der Waals surface area contributed by atoms with E-state index >= 15 is 13.2 Å². The number of hydrogen-bond donors (Lipinski definition) is 4. The summed E-state index contributed by atoms with van der Waals surface area (Å²) in [6, 6.07) is 8.46. The fourth-order valence-corrected chi connectivity index (χ4v) is 12.0. The van der Waals surface area contributed by atoms with E-state index in [1.807, 2.05) is 4.90 Å². The molecular weight excluding hydrogens is 1050 g/mol. The van der Waals surface area contributed by atoms with Crippen LogP contribution in [0.15, 0.2) is 93.4 Å². The molecule has 0 bridgehead atoms. The Bertz CT molecular complexity index is 3320. The second-order valence-electron chi connectivity index (χ2n) is 19.2. The summed E-state index contributed by atoms with van der Waals surface area (Å²) in [6.07, 6.45) is 7.69. The number of anilines is 1. The van der Waals surface area contributed by atoms with Crippen molar-refractivity contribution in [3.63, 3.8) is 0 Å². The van der Waals surface area contributed by atoms with Crippen LogP contribution in [0, 0.1) is 17.5 Å². The van der Waals surface area contributed by atoms with Crippen molar-refractivity contribution in [2.75, 3.05) is 29.5 Å². The van der Waals surface area contributed by atoms with Crippen molar-refractivity contribution in [1.82, 2.24) is 0 Å². The molecule has 24 heteroatoms. The van der Waals surface area contributed by atoms with Crippen LogP contribution in [-0.4, -0.2) is 97.8 Å². The standard InChI is InChI=1S/C49H57F3N2O14S4.Na.H/c1-48(2)36-28-33(71(63,64)65)18-20-40(36)53(24-7-9-26-69(57,58)59)42(48)22-16-31-12-11-13-32(45(31)46-39(51)30-38(50)35(47(46)52)14-5-6-15-44(55)56)17-23-43-49(3,4)37-29-34(72(66,67)68)19-21-41(37)54(43)25-8-10-27-70(60,61)62;;/h16-23,28-30H,5-15,24-27H2,1-4H3,(H4-,55,56,57,58,59,60,61,62,63,64,65,66,67,68);;/q;+1;-1. The van der Waals surface area contributed by atoms with Crippen LogP contribution in [0.1, 0.15) is 116 Å². The van der Waals surface area contributed by atoms with Crippen molar-refractivity contribution in [3.05, 3.63) is 123 Å². The number of fused-ring (bicyclic) bond motifs is 2. The summed E-state index contributed by atoms with van der Waals surface area (Å²) in [5.41, 5.74) is 0.756. The zero-order valence-electron chi connectivity index (χ0n) is 42.0. The van der Waals surface area contributed by atoms with Gasteiger partial charge >= 0.3 is 35.5 Å². The molecule has 3 aromatic carbocycles. The molecule has 2 aliphatic heterocycles. The fraction of sp³-hybridized carbons (Fsp3) is 0.429. The van der Waals surface area contributed by atoms with Crippen LogP contribution < -0.4 is 34.5 Å². The molecule has 3 aromatic rings. The molecule has 16 nitrogen and oxygen atoms in total. The summed E-state index contributed by atoms with van der Waals surface area (Å²) in [5.74, 6) is -5.78. The van der Waals surface area contributed by atoms with E-state index < -0.39 is 102 Å². The molecule has 0 amide bonds. The first-order chi connectivity index (χ1) is 33.3. The first-order valence-electron chi connectivity index (χ1n) is 23.1. The molecule has 0 saturated heterocycles. The van der Waals surface area contributed by atoms with E-state index in [1.165, 1.54) is 30.3 Å². The normalized spacial score (nSPS) is 18.0. The second-order valence-corrected chi connectivity index (χ2v) is 25.1. The van der Waals surface area contributed by atoms with Crippen molar-refractivity contribution in [2.45, 2.75) is 119 Å². The number of unbranched alkanes of at least 4 members (excludes halogenated alkanes) is 3. The van der Waals surface area contributed by atoms with Crippen LogP contribution in [0.5, 0.6) is 0 Å². The predicted molar refractivity (Wildman–Crippen MR) is 264 cm³/mol. The molecule has 394 valence electrons. The number of allylic oxidation sites excluding steroid dienone is 8. The van der Waals surface area contributed by atoms with Gasteiger partial charge in [-0.05, 0) is 130 Å². The van der Waals surface area contributed by atoms with Gasteiger partial charge in [-0.2, -0.15) is 29.8 Å². The number of carboxylic acid groups (broad SMARTS) is 1. The fourth-order valence-electron chi connectivity index (χ4n) is 9.82. The molecule has 0 spiro atoms. The number of nitrogens with zero attached hydrogens (tertiary/aromatic N) is 2. The maximum absolute atomic E-state index is 17.1. The Morgan fingerprint density at radius 1 is 0.767 bits per heavy atom. The van der Waals surface area contributed by atoms with Crippen LogP contribution in [0.4, 0.5) is 24.5 Å². The predicted octanol–water partition coefficient (Wildman–Crippen LogP) is 5.68. The van der Waals surface area contributed by atoms with E-state index in [2.05, 4.69) is 0 Å². The third-order valence-corrected chi connectivity index (χ3v) is 16.7. The largest absolute Gasteiger partial charge is 1.00 e. The van der Waals surface area contributed by atoms with Gasteiger partial charge in [-0.15, -0.1) is 0 Å². The van der Waals surface area contributed by atoms with E-state index in [1.54, 1.807) is 56.6 Å². The van der Waals surface area contributed by atoms with Gasteiger partial charge in [0.2, 0.25) is 5.69 Å². The van der Waals surface area contributed by atoms with Crippen molar-refractivity contribution in [1.29, 1.82) is 0 Å². The minimum atomic E-state index is -4.90. The molecule has 0 radical (unpaired) electrons. The van der Waals surface area contributed by atoms with Gasteiger partial charge in [-0.3, -0.25) is 18.5 Å². The molecule has 0 aromatic heterocycles. The Balaban J connectivity index is 0.00000593. The zero-order chi connectivity index (χ0) is 53.4. The Morgan fingerprint density at radius 2 is 1.40 bits per heavy atom. The van der Waals surface area contributed by atoms with Gasteiger partial charge in [0, 0.05) is 65.5 Å². The Morgan fingerprint density at radius 3 is 2.01 bits per heavy atom. The molecule has 2 heterocycles. The van der Waals surface area contributed by atoms with Crippen molar-refractivity contribution < 1.29 is 111 Å². The third-order valence-electron chi connectivity index (χ3n) is 13.4. The monoisotopic (exact) mass is 1110 g/mol. The molecule has 6 rings (SSSR count). The first kappa shape index (κ1) is 59.9. The number of halogens is 3. The zero-order valence-corrected chi connectivity index (χ0v) is 46.3. The van der Waals surface area contributed by atoms with Crippen molar-refractivity contribution in [3.8, 4) is 0 Å². The maximum Gasteiger partial charge on any atom is 1.00 e. The molecule has 0 atom stereocenters. The van der Waals surface area contributed by atoms with Crippen molar-refractivity contribution >= 4 is 69.1 Å². The van der Waals surface area contributed by atoms with Crippen LogP contribution in [0.3, 0.4) is 0 Å². The van der Waals surface area contributed by atoms with E-state index in [4.69, 9.17) is 0 Å². The SMILES string of the molecule is CC1(C)C(=CC=C2CCCC(C=CC3=[N+](CCCCS(=O)(=O)O)c4ccc(S(=O)(=O)[O-])cc4C3(C)C)=C2c2c(F)cc(F)c(CCCCC(=O)O)c2F)N(CCCCS(=O)(=O)O)c2ccc(S(=O)(=O)O)cc21.[H-].[Na+]. The van der Waals surface area contributed by atoms with Gasteiger partial charge in [0.15, 0.2) is 5.71 Å². The van der Waals surface area contributed by atoms with E-state index in [9.17, 15) is 61.8 Å². The number of benzene rings is 3. The van der Waals surface area contributed by atoms with E-state index in [-0.39, 0.29) is 119 Å². The van der Waals surface area contributed by atoms with Crippen LogP contribution in [0.25, 0.3) is 5.57 Å². The average molecular weight is 1110 g/mol. The molecule has 3 aliphatic rings. The Kier molecular flexibility index (Phi) is 18.9. The summed E-state index contributed by atoms with van der Waals surface area (Å²) >= 11 is 0. The second kappa shape index (κ2) is 23.1. The van der Waals surface area contributed by atoms with E-state index in [0.717, 1.165) is 6.07 Å². The Labute approximate surface area is 448 Å². The minimum absolute atomic E-state index is 0. The van der Waals surface area contributed by atoms with Crippen molar-refractivity contribution in [2.24, 2.45) is 0 Å². The average Bonchev–Trinajstić information content (AvgIpc) is 3.60. The van der Waals surface area contributed by atoms with Gasteiger partial charge in [0.25, 0.3) is 30.4 Å². The van der Waals surface area contributed by atoms with Gasteiger partial charge in [-0.1, -0.05) is 26.0 Å². The first-order valence-corrected chi connectivity index (χ1v) is 29.2. The number of hydrogen-bond acceptors (Lipinski definition) is 11. The third kappa shape index (κ3) is 14.1. The number of rotatable bonds is 21. The van der Waals surface area contributed by atoms with Gasteiger partial charge in [0.1, 0.15) is 34.1 Å². The summed E-state index contributed by atoms with van der Waals surface area (Å²) in [4.78, 5) is 12.2. The Hall–Kier alpha value is -4.01. The smallest absolute Gasteiger partial charge is 1.00 e. The van der Waals surface area contributed by atoms with Gasteiger partial charge in [-0.25, -0.2) is 21.6 Å². The van der Waals surface area contributed by atoms with E-state index in [0.29, 0.717) is 57.5 Å². The number of aliphatic carboxylic acids is 1. The molecule has 0 fully saturated rings.